The molecule has 3 nitrogen and oxygen atoms in total. The predicted octanol–water partition coefficient (Wildman–Crippen LogP) is 2.44. The minimum atomic E-state index is -0.388. The first kappa shape index (κ1) is 15.1. The number of hydrogen-bond donors (Lipinski definition) is 2. The van der Waals surface area contributed by atoms with Crippen LogP contribution in [0.5, 0.6) is 0 Å². The number of hydrogen-bond acceptors (Lipinski definition) is 3. The minimum absolute atomic E-state index is 0.0692. The Kier molecular flexibility index (Phi) is 5.69. The number of nitrogens with one attached hydrogen (secondary N) is 1. The molecular weight excluding hydrogens is 246 g/mol. The van der Waals surface area contributed by atoms with Gasteiger partial charge in [-0.3, -0.25) is 4.79 Å². The molecule has 0 saturated heterocycles. The lowest BCUT2D eigenvalue weighted by Gasteiger charge is -2.25. The summed E-state index contributed by atoms with van der Waals surface area (Å²) in [7, 11) is 0. The Balaban J connectivity index is 2.75. The number of thioether (sulfide) groups is 1. The molecule has 0 aliphatic carbocycles. The largest absolute Gasteiger partial charge is 0.396 e. The Hall–Kier alpha value is -1.00. The van der Waals surface area contributed by atoms with Crippen LogP contribution in [0.1, 0.15) is 36.2 Å². The third kappa shape index (κ3) is 4.70. The van der Waals surface area contributed by atoms with Gasteiger partial charge in [0.05, 0.1) is 0 Å². The second-order valence-electron chi connectivity index (χ2n) is 4.95. The summed E-state index contributed by atoms with van der Waals surface area (Å²) in [5.41, 5.74) is 1.43. The number of carbonyl (C=O) groups is 1. The van der Waals surface area contributed by atoms with Gasteiger partial charge < -0.3 is 10.4 Å². The van der Waals surface area contributed by atoms with Crippen LogP contribution in [-0.4, -0.2) is 29.4 Å². The Morgan fingerprint density at radius 2 is 2.17 bits per heavy atom. The fourth-order valence-corrected chi connectivity index (χ4v) is 2.20. The van der Waals surface area contributed by atoms with Crippen molar-refractivity contribution in [2.24, 2.45) is 0 Å². The van der Waals surface area contributed by atoms with Crippen molar-refractivity contribution in [3.8, 4) is 0 Å². The molecule has 0 aromatic heterocycles. The molecule has 0 atom stereocenters. The molecule has 18 heavy (non-hydrogen) atoms. The van der Waals surface area contributed by atoms with Crippen LogP contribution in [0.2, 0.25) is 0 Å². The molecule has 0 aliphatic rings. The molecule has 0 spiro atoms. The topological polar surface area (TPSA) is 49.3 Å². The smallest absolute Gasteiger partial charge is 0.251 e. The molecule has 0 aliphatic heterocycles. The number of carbonyl (C=O) groups excluding carboxylic acids is 1. The lowest BCUT2D eigenvalue weighted by molar-refractivity contribution is 0.0899. The van der Waals surface area contributed by atoms with Crippen molar-refractivity contribution >= 4 is 17.7 Å². The average molecular weight is 267 g/mol. The fourth-order valence-electron chi connectivity index (χ4n) is 1.69. The van der Waals surface area contributed by atoms with E-state index in [-0.39, 0.29) is 18.1 Å². The zero-order valence-electron chi connectivity index (χ0n) is 11.2. The van der Waals surface area contributed by atoms with Gasteiger partial charge >= 0.3 is 0 Å². The third-order valence-corrected chi connectivity index (χ3v) is 3.31. The molecule has 100 valence electrons. The van der Waals surface area contributed by atoms with Gasteiger partial charge in [-0.25, -0.2) is 0 Å². The SMILES string of the molecule is CSCc1cccc(C(=O)NC(C)(C)CCO)c1. The molecule has 0 heterocycles. The molecule has 0 fully saturated rings. The van der Waals surface area contributed by atoms with E-state index in [1.165, 1.54) is 0 Å². The summed E-state index contributed by atoms with van der Waals surface area (Å²) >= 11 is 1.73. The van der Waals surface area contributed by atoms with Crippen LogP contribution in [0.4, 0.5) is 0 Å². The summed E-state index contributed by atoms with van der Waals surface area (Å²) in [5.74, 6) is 0.817. The van der Waals surface area contributed by atoms with E-state index in [4.69, 9.17) is 5.11 Å². The third-order valence-electron chi connectivity index (χ3n) is 2.69. The summed E-state index contributed by atoms with van der Waals surface area (Å²) in [4.78, 5) is 12.1. The highest BCUT2D eigenvalue weighted by Gasteiger charge is 2.20. The Bertz CT molecular complexity index is 405. The molecule has 1 amide bonds. The van der Waals surface area contributed by atoms with E-state index < -0.39 is 0 Å². The van der Waals surface area contributed by atoms with E-state index in [2.05, 4.69) is 5.32 Å². The molecule has 1 aromatic rings. The van der Waals surface area contributed by atoms with Crippen LogP contribution in [0.25, 0.3) is 0 Å². The molecule has 0 bridgehead atoms. The summed E-state index contributed by atoms with van der Waals surface area (Å²) in [6, 6.07) is 7.65. The van der Waals surface area contributed by atoms with Crippen molar-refractivity contribution in [1.82, 2.24) is 5.32 Å². The van der Waals surface area contributed by atoms with Crippen molar-refractivity contribution in [2.75, 3.05) is 12.9 Å². The highest BCUT2D eigenvalue weighted by molar-refractivity contribution is 7.97. The van der Waals surface area contributed by atoms with Gasteiger partial charge in [0.25, 0.3) is 5.91 Å². The fraction of sp³-hybridized carbons (Fsp3) is 0.500. The highest BCUT2D eigenvalue weighted by atomic mass is 32.2. The summed E-state index contributed by atoms with van der Waals surface area (Å²) in [6.07, 6.45) is 2.58. The van der Waals surface area contributed by atoms with Crippen LogP contribution in [0.15, 0.2) is 24.3 Å². The van der Waals surface area contributed by atoms with Crippen molar-refractivity contribution in [3.05, 3.63) is 35.4 Å². The van der Waals surface area contributed by atoms with Gasteiger partial charge in [-0.15, -0.1) is 0 Å². The average Bonchev–Trinajstić information content (AvgIpc) is 2.29. The van der Waals surface area contributed by atoms with Crippen LogP contribution >= 0.6 is 11.8 Å². The van der Waals surface area contributed by atoms with E-state index in [1.54, 1.807) is 11.8 Å². The molecule has 0 saturated carbocycles. The highest BCUT2D eigenvalue weighted by Crippen LogP contribution is 2.13. The first-order chi connectivity index (χ1) is 8.48. The standard InChI is InChI=1S/C14H21NO2S/c1-14(2,7-8-16)15-13(17)12-6-4-5-11(9-12)10-18-3/h4-6,9,16H,7-8,10H2,1-3H3,(H,15,17). The molecule has 1 rings (SSSR count). The van der Waals surface area contributed by atoms with E-state index >= 15 is 0 Å². The van der Waals surface area contributed by atoms with Crippen LogP contribution in [0.3, 0.4) is 0 Å². The number of rotatable bonds is 6. The Morgan fingerprint density at radius 1 is 1.44 bits per heavy atom. The summed E-state index contributed by atoms with van der Waals surface area (Å²) in [6.45, 7) is 3.89. The molecule has 1 aromatic carbocycles. The second kappa shape index (κ2) is 6.81. The van der Waals surface area contributed by atoms with Gasteiger partial charge in [0, 0.05) is 23.5 Å². The number of amides is 1. The summed E-state index contributed by atoms with van der Waals surface area (Å²) < 4.78 is 0. The van der Waals surface area contributed by atoms with Crippen molar-refractivity contribution in [1.29, 1.82) is 0 Å². The zero-order chi connectivity index (χ0) is 13.6. The van der Waals surface area contributed by atoms with Crippen molar-refractivity contribution in [3.63, 3.8) is 0 Å². The molecular formula is C14H21NO2S. The summed E-state index contributed by atoms with van der Waals surface area (Å²) in [5, 5.41) is 11.9. The monoisotopic (exact) mass is 267 g/mol. The second-order valence-corrected chi connectivity index (χ2v) is 5.81. The van der Waals surface area contributed by atoms with E-state index in [1.807, 2.05) is 44.4 Å². The van der Waals surface area contributed by atoms with Crippen molar-refractivity contribution < 1.29 is 9.90 Å². The van der Waals surface area contributed by atoms with Crippen LogP contribution < -0.4 is 5.32 Å². The normalized spacial score (nSPS) is 11.3. The minimum Gasteiger partial charge on any atom is -0.396 e. The molecule has 0 radical (unpaired) electrons. The van der Waals surface area contributed by atoms with E-state index in [9.17, 15) is 4.79 Å². The molecule has 2 N–H and O–H groups in total. The molecule has 4 heteroatoms. The number of benzene rings is 1. The first-order valence-corrected chi connectivity index (χ1v) is 7.39. The van der Waals surface area contributed by atoms with Gasteiger partial charge in [-0.2, -0.15) is 11.8 Å². The van der Waals surface area contributed by atoms with Gasteiger partial charge in [-0.05, 0) is 44.2 Å². The Morgan fingerprint density at radius 3 is 2.78 bits per heavy atom. The maximum atomic E-state index is 12.1. The lowest BCUT2D eigenvalue weighted by atomic mass is 10.0. The first-order valence-electron chi connectivity index (χ1n) is 6.00. The van der Waals surface area contributed by atoms with E-state index in [0.29, 0.717) is 12.0 Å². The lowest BCUT2D eigenvalue weighted by Crippen LogP contribution is -2.44. The Labute approximate surface area is 113 Å². The number of aliphatic hydroxyl groups is 1. The number of aliphatic hydroxyl groups excluding tert-OH is 1. The maximum absolute atomic E-state index is 12.1. The molecule has 0 unspecified atom stereocenters. The van der Waals surface area contributed by atoms with Gasteiger partial charge in [-0.1, -0.05) is 12.1 Å². The van der Waals surface area contributed by atoms with E-state index in [0.717, 1.165) is 11.3 Å². The van der Waals surface area contributed by atoms with Gasteiger partial charge in [0.2, 0.25) is 0 Å². The van der Waals surface area contributed by atoms with Crippen molar-refractivity contribution in [2.45, 2.75) is 31.6 Å². The van der Waals surface area contributed by atoms with Crippen LogP contribution in [-0.2, 0) is 5.75 Å². The zero-order valence-corrected chi connectivity index (χ0v) is 12.0. The quantitative estimate of drug-likeness (QED) is 0.832. The van der Waals surface area contributed by atoms with Gasteiger partial charge in [0.15, 0.2) is 0 Å². The van der Waals surface area contributed by atoms with Crippen LogP contribution in [0, 0.1) is 0 Å². The maximum Gasteiger partial charge on any atom is 0.251 e. The van der Waals surface area contributed by atoms with Gasteiger partial charge in [0.1, 0.15) is 0 Å². The predicted molar refractivity (Wildman–Crippen MR) is 76.9 cm³/mol.